The first kappa shape index (κ1) is 17.8. The Labute approximate surface area is 164 Å². The lowest BCUT2D eigenvalue weighted by Crippen LogP contribution is -2.10. The van der Waals surface area contributed by atoms with Crippen LogP contribution < -0.4 is 5.32 Å². The maximum absolute atomic E-state index is 13.9. The monoisotopic (exact) mass is 391 g/mol. The highest BCUT2D eigenvalue weighted by atomic mass is 32.1. The summed E-state index contributed by atoms with van der Waals surface area (Å²) in [5.41, 5.74) is 1.57. The number of amides is 1. The van der Waals surface area contributed by atoms with Crippen molar-refractivity contribution in [1.29, 1.82) is 0 Å². The maximum atomic E-state index is 13.9. The smallest absolute Gasteiger partial charge is 0.265 e. The summed E-state index contributed by atoms with van der Waals surface area (Å²) in [6.07, 6.45) is 2.99. The lowest BCUT2D eigenvalue weighted by molar-refractivity contribution is 0.103. The summed E-state index contributed by atoms with van der Waals surface area (Å²) in [4.78, 5) is 22.0. The number of hydrogen-bond donors (Lipinski definition) is 2. The van der Waals surface area contributed by atoms with Crippen LogP contribution >= 0.6 is 11.3 Å². The molecular formula is C21H14FN3O2S. The Balaban J connectivity index is 1.49. The third-order valence-corrected chi connectivity index (χ3v) is 5.10. The molecule has 0 aliphatic rings. The average Bonchev–Trinajstić information content (AvgIpc) is 3.19. The van der Waals surface area contributed by atoms with Crippen LogP contribution in [-0.2, 0) is 0 Å². The largest absolute Gasteiger partial charge is 0.508 e. The van der Waals surface area contributed by atoms with E-state index in [1.54, 1.807) is 54.6 Å². The summed E-state index contributed by atoms with van der Waals surface area (Å²) in [6.45, 7) is 0. The van der Waals surface area contributed by atoms with Crippen LogP contribution in [0.2, 0.25) is 0 Å². The van der Waals surface area contributed by atoms with Crippen LogP contribution in [0.15, 0.2) is 73.1 Å². The quantitative estimate of drug-likeness (QED) is 0.515. The third-order valence-electron chi connectivity index (χ3n) is 3.98. The van der Waals surface area contributed by atoms with Gasteiger partial charge in [0.15, 0.2) is 5.82 Å². The van der Waals surface area contributed by atoms with E-state index in [0.29, 0.717) is 32.4 Å². The van der Waals surface area contributed by atoms with Gasteiger partial charge in [0.2, 0.25) is 0 Å². The van der Waals surface area contributed by atoms with Gasteiger partial charge in [-0.1, -0.05) is 30.3 Å². The normalized spacial score (nSPS) is 10.6. The van der Waals surface area contributed by atoms with Crippen molar-refractivity contribution in [3.63, 3.8) is 0 Å². The molecule has 7 heteroatoms. The topological polar surface area (TPSA) is 75.1 Å². The minimum Gasteiger partial charge on any atom is -0.508 e. The number of nitrogens with zero attached hydrogens (tertiary/aromatic N) is 2. The highest BCUT2D eigenvalue weighted by Crippen LogP contribution is 2.30. The van der Waals surface area contributed by atoms with E-state index >= 15 is 0 Å². The van der Waals surface area contributed by atoms with E-state index in [1.807, 2.05) is 0 Å². The van der Waals surface area contributed by atoms with Crippen LogP contribution in [0.1, 0.15) is 9.67 Å². The van der Waals surface area contributed by atoms with Gasteiger partial charge in [0.1, 0.15) is 11.6 Å². The molecule has 4 aromatic rings. The van der Waals surface area contributed by atoms with Crippen molar-refractivity contribution in [2.45, 2.75) is 0 Å². The van der Waals surface area contributed by atoms with Crippen LogP contribution in [0.5, 0.6) is 5.75 Å². The predicted octanol–water partition coefficient (Wildman–Crippen LogP) is 4.97. The lowest BCUT2D eigenvalue weighted by Gasteiger charge is -2.05. The van der Waals surface area contributed by atoms with Gasteiger partial charge in [0.25, 0.3) is 5.91 Å². The molecule has 0 atom stereocenters. The number of carbonyl (C=O) groups excluding carboxylic acids is 1. The zero-order valence-electron chi connectivity index (χ0n) is 14.5. The van der Waals surface area contributed by atoms with Gasteiger partial charge in [0.05, 0.1) is 23.0 Å². The van der Waals surface area contributed by atoms with E-state index < -0.39 is 0 Å². The molecule has 0 fully saturated rings. The molecule has 0 aliphatic heterocycles. The highest BCUT2D eigenvalue weighted by Gasteiger charge is 2.13. The standard InChI is InChI=1S/C21H14FN3O2S/c22-17-7-2-1-6-16(17)18-8-9-19(28-18)21(27)25-14-11-23-20(24-12-14)13-4-3-5-15(26)10-13/h1-12,26H,(H,25,27). The van der Waals surface area contributed by atoms with Crippen LogP contribution in [-0.4, -0.2) is 21.0 Å². The molecule has 0 saturated heterocycles. The minimum atomic E-state index is -0.327. The molecule has 0 radical (unpaired) electrons. The zero-order chi connectivity index (χ0) is 19.5. The van der Waals surface area contributed by atoms with E-state index in [0.717, 1.165) is 0 Å². The second kappa shape index (κ2) is 7.58. The number of aromatic hydroxyl groups is 1. The fourth-order valence-electron chi connectivity index (χ4n) is 2.65. The lowest BCUT2D eigenvalue weighted by atomic mass is 10.2. The molecule has 1 amide bonds. The molecule has 2 aromatic carbocycles. The van der Waals surface area contributed by atoms with Gasteiger partial charge in [-0.15, -0.1) is 11.3 Å². The molecule has 2 N–H and O–H groups in total. The van der Waals surface area contributed by atoms with Crippen molar-refractivity contribution in [2.24, 2.45) is 0 Å². The number of aromatic nitrogens is 2. The van der Waals surface area contributed by atoms with Crippen molar-refractivity contribution in [1.82, 2.24) is 9.97 Å². The zero-order valence-corrected chi connectivity index (χ0v) is 15.3. The number of phenols is 1. The predicted molar refractivity (Wildman–Crippen MR) is 107 cm³/mol. The minimum absolute atomic E-state index is 0.127. The van der Waals surface area contributed by atoms with Crippen LogP contribution in [0.25, 0.3) is 21.8 Å². The first-order valence-electron chi connectivity index (χ1n) is 8.38. The van der Waals surface area contributed by atoms with Gasteiger partial charge in [-0.05, 0) is 30.3 Å². The molecule has 2 aromatic heterocycles. The van der Waals surface area contributed by atoms with Crippen molar-refractivity contribution in [2.75, 3.05) is 5.32 Å². The van der Waals surface area contributed by atoms with Crippen molar-refractivity contribution >= 4 is 22.9 Å². The molecule has 0 aliphatic carbocycles. The summed E-state index contributed by atoms with van der Waals surface area (Å²) in [5, 5.41) is 12.3. The van der Waals surface area contributed by atoms with E-state index in [4.69, 9.17) is 0 Å². The number of nitrogens with one attached hydrogen (secondary N) is 1. The first-order chi connectivity index (χ1) is 13.6. The summed E-state index contributed by atoms with van der Waals surface area (Å²) in [5.74, 6) is -0.0813. The second-order valence-corrected chi connectivity index (χ2v) is 7.03. The molecule has 4 rings (SSSR count). The Morgan fingerprint density at radius 1 is 1.00 bits per heavy atom. The second-order valence-electron chi connectivity index (χ2n) is 5.94. The SMILES string of the molecule is O=C(Nc1cnc(-c2cccc(O)c2)nc1)c1ccc(-c2ccccc2F)s1. The number of phenolic OH excluding ortho intramolecular Hbond substituents is 1. The first-order valence-corrected chi connectivity index (χ1v) is 9.19. The van der Waals surface area contributed by atoms with Gasteiger partial charge in [-0.25, -0.2) is 14.4 Å². The molecular weight excluding hydrogens is 377 g/mol. The molecule has 138 valence electrons. The highest BCUT2D eigenvalue weighted by molar-refractivity contribution is 7.17. The fraction of sp³-hybridized carbons (Fsp3) is 0. The number of hydrogen-bond acceptors (Lipinski definition) is 5. The molecule has 2 heterocycles. The Kier molecular flexibility index (Phi) is 4.82. The molecule has 0 unspecified atom stereocenters. The maximum Gasteiger partial charge on any atom is 0.265 e. The number of anilines is 1. The van der Waals surface area contributed by atoms with Crippen LogP contribution in [0.3, 0.4) is 0 Å². The van der Waals surface area contributed by atoms with E-state index in [-0.39, 0.29) is 17.5 Å². The van der Waals surface area contributed by atoms with Crippen molar-refractivity contribution in [3.05, 3.63) is 83.8 Å². The summed E-state index contributed by atoms with van der Waals surface area (Å²) >= 11 is 1.21. The molecule has 28 heavy (non-hydrogen) atoms. The van der Waals surface area contributed by atoms with Gasteiger partial charge in [-0.2, -0.15) is 0 Å². The van der Waals surface area contributed by atoms with E-state index in [1.165, 1.54) is 29.8 Å². The number of benzene rings is 2. The molecule has 0 saturated carbocycles. The van der Waals surface area contributed by atoms with Gasteiger partial charge >= 0.3 is 0 Å². The number of thiophene rings is 1. The van der Waals surface area contributed by atoms with Crippen molar-refractivity contribution in [3.8, 4) is 27.6 Å². The summed E-state index contributed by atoms with van der Waals surface area (Å²) < 4.78 is 13.9. The molecule has 5 nitrogen and oxygen atoms in total. The fourth-order valence-corrected chi connectivity index (χ4v) is 3.57. The average molecular weight is 391 g/mol. The summed E-state index contributed by atoms with van der Waals surface area (Å²) in [6, 6.07) is 16.4. The van der Waals surface area contributed by atoms with Crippen LogP contribution in [0, 0.1) is 5.82 Å². The Bertz CT molecular complexity index is 1140. The number of rotatable bonds is 4. The number of halogens is 1. The summed E-state index contributed by atoms with van der Waals surface area (Å²) in [7, 11) is 0. The molecule has 0 bridgehead atoms. The number of carbonyl (C=O) groups is 1. The Morgan fingerprint density at radius 3 is 2.54 bits per heavy atom. The Hall–Kier alpha value is -3.58. The molecule has 0 spiro atoms. The Morgan fingerprint density at radius 2 is 1.79 bits per heavy atom. The van der Waals surface area contributed by atoms with Gasteiger partial charge < -0.3 is 10.4 Å². The third kappa shape index (κ3) is 3.74. The van der Waals surface area contributed by atoms with E-state index in [9.17, 15) is 14.3 Å². The van der Waals surface area contributed by atoms with Crippen molar-refractivity contribution < 1.29 is 14.3 Å². The van der Waals surface area contributed by atoms with E-state index in [2.05, 4.69) is 15.3 Å². The van der Waals surface area contributed by atoms with Crippen LogP contribution in [0.4, 0.5) is 10.1 Å². The van der Waals surface area contributed by atoms with Gasteiger partial charge in [0, 0.05) is 16.0 Å². The van der Waals surface area contributed by atoms with Gasteiger partial charge in [-0.3, -0.25) is 4.79 Å².